The highest BCUT2D eigenvalue weighted by atomic mass is 19.1. The number of nitrogens with one attached hydrogen (secondary N) is 1. The zero-order chi connectivity index (χ0) is 26.5. The van der Waals surface area contributed by atoms with E-state index in [4.69, 9.17) is 4.74 Å². The van der Waals surface area contributed by atoms with Gasteiger partial charge in [-0.3, -0.25) is 14.6 Å². The van der Waals surface area contributed by atoms with E-state index in [9.17, 15) is 18.8 Å². The topological polar surface area (TPSA) is 82.2 Å². The van der Waals surface area contributed by atoms with Crippen molar-refractivity contribution in [1.82, 2.24) is 20.0 Å². The van der Waals surface area contributed by atoms with Crippen LogP contribution in [0, 0.1) is 5.82 Å². The Labute approximate surface area is 216 Å². The predicted octanol–water partition coefficient (Wildman–Crippen LogP) is 3.58. The minimum Gasteiger partial charge on any atom is -0.463 e. The zero-order valence-electron chi connectivity index (χ0n) is 21.4. The maximum Gasteiger partial charge on any atom is 0.338 e. The Morgan fingerprint density at radius 1 is 1.08 bits per heavy atom. The first-order chi connectivity index (χ1) is 17.8. The molecule has 9 heteroatoms. The van der Waals surface area contributed by atoms with E-state index in [-0.39, 0.29) is 24.6 Å². The molecule has 0 aliphatic carbocycles. The number of hydrogen-bond donors (Lipinski definition) is 1. The van der Waals surface area contributed by atoms with Crippen LogP contribution in [0.4, 0.5) is 9.18 Å². The third-order valence-corrected chi connectivity index (χ3v) is 6.80. The Kier molecular flexibility index (Phi) is 8.23. The molecule has 2 aliphatic heterocycles. The van der Waals surface area contributed by atoms with Crippen LogP contribution in [0.5, 0.6) is 0 Å². The molecule has 2 heterocycles. The molecule has 8 nitrogen and oxygen atoms in total. The predicted molar refractivity (Wildman–Crippen MR) is 137 cm³/mol. The van der Waals surface area contributed by atoms with Gasteiger partial charge in [-0.1, -0.05) is 36.4 Å². The van der Waals surface area contributed by atoms with Gasteiger partial charge in [-0.2, -0.15) is 0 Å². The second-order valence-electron chi connectivity index (χ2n) is 9.21. The summed E-state index contributed by atoms with van der Waals surface area (Å²) < 4.78 is 19.1. The van der Waals surface area contributed by atoms with Gasteiger partial charge in [-0.05, 0) is 44.5 Å². The summed E-state index contributed by atoms with van der Waals surface area (Å²) in [5, 5.41) is 2.97. The Hall–Kier alpha value is -3.72. The first-order valence-corrected chi connectivity index (χ1v) is 12.7. The van der Waals surface area contributed by atoms with Gasteiger partial charge in [-0.25, -0.2) is 14.0 Å². The second kappa shape index (κ2) is 11.6. The molecule has 196 valence electrons. The zero-order valence-corrected chi connectivity index (χ0v) is 21.4. The first kappa shape index (κ1) is 26.3. The van der Waals surface area contributed by atoms with Crippen LogP contribution in [0.2, 0.25) is 0 Å². The number of amides is 3. The van der Waals surface area contributed by atoms with Crippen molar-refractivity contribution in [3.8, 4) is 0 Å². The Morgan fingerprint density at radius 3 is 2.49 bits per heavy atom. The molecule has 0 radical (unpaired) electrons. The molecule has 2 aromatic carbocycles. The van der Waals surface area contributed by atoms with E-state index in [0.29, 0.717) is 49.6 Å². The molecule has 1 N–H and O–H groups in total. The van der Waals surface area contributed by atoms with Crippen molar-refractivity contribution in [1.29, 1.82) is 0 Å². The summed E-state index contributed by atoms with van der Waals surface area (Å²) in [5.74, 6) is -1.12. The molecule has 0 spiro atoms. The number of ether oxygens (including phenoxy) is 1. The summed E-state index contributed by atoms with van der Waals surface area (Å²) in [6, 6.07) is 14.0. The molecule has 0 saturated carbocycles. The van der Waals surface area contributed by atoms with E-state index < -0.39 is 17.8 Å². The largest absolute Gasteiger partial charge is 0.463 e. The van der Waals surface area contributed by atoms with Gasteiger partial charge in [0.25, 0.3) is 5.91 Å². The minimum atomic E-state index is -0.626. The van der Waals surface area contributed by atoms with Crippen LogP contribution < -0.4 is 5.32 Å². The second-order valence-corrected chi connectivity index (χ2v) is 9.21. The summed E-state index contributed by atoms with van der Waals surface area (Å²) in [6.07, 6.45) is 0. The standard InChI is InChI=1S/C28H33FN4O4/c1-4-32-23(24(27(35)37-5-2)25(30-28(32)36)20-10-7-6-8-11-20)18-31-14-15-33(19(3)17-31)26(34)21-12-9-13-22(29)16-21/h6-13,16,19,25H,4-5,14-15,17-18H2,1-3H3,(H,30,36)/t19-,25-/m0/s1. The van der Waals surface area contributed by atoms with Gasteiger partial charge in [0.15, 0.2) is 0 Å². The van der Waals surface area contributed by atoms with Gasteiger partial charge in [0.1, 0.15) is 5.82 Å². The summed E-state index contributed by atoms with van der Waals surface area (Å²) in [6.45, 7) is 8.05. The Balaban J connectivity index is 1.61. The molecule has 2 atom stereocenters. The van der Waals surface area contributed by atoms with E-state index in [1.54, 1.807) is 22.8 Å². The number of halogens is 1. The van der Waals surface area contributed by atoms with Gasteiger partial charge in [0.2, 0.25) is 0 Å². The summed E-state index contributed by atoms with van der Waals surface area (Å²) in [7, 11) is 0. The van der Waals surface area contributed by atoms with E-state index in [2.05, 4.69) is 10.2 Å². The van der Waals surface area contributed by atoms with Gasteiger partial charge >= 0.3 is 12.0 Å². The number of carbonyl (C=O) groups is 3. The highest BCUT2D eigenvalue weighted by Gasteiger charge is 2.39. The van der Waals surface area contributed by atoms with Crippen molar-refractivity contribution in [2.45, 2.75) is 32.9 Å². The molecule has 0 bridgehead atoms. The van der Waals surface area contributed by atoms with E-state index >= 15 is 0 Å². The van der Waals surface area contributed by atoms with E-state index in [0.717, 1.165) is 5.56 Å². The molecule has 2 aliphatic rings. The molecule has 1 saturated heterocycles. The van der Waals surface area contributed by atoms with Crippen molar-refractivity contribution >= 4 is 17.9 Å². The smallest absolute Gasteiger partial charge is 0.338 e. The lowest BCUT2D eigenvalue weighted by Gasteiger charge is -2.43. The monoisotopic (exact) mass is 508 g/mol. The average molecular weight is 509 g/mol. The molecule has 0 unspecified atom stereocenters. The first-order valence-electron chi connectivity index (χ1n) is 12.7. The quantitative estimate of drug-likeness (QED) is 0.579. The third-order valence-electron chi connectivity index (χ3n) is 6.80. The molecule has 2 aromatic rings. The Morgan fingerprint density at radius 2 is 1.84 bits per heavy atom. The minimum absolute atomic E-state index is 0.145. The number of hydrogen-bond acceptors (Lipinski definition) is 5. The van der Waals surface area contributed by atoms with E-state index in [1.807, 2.05) is 44.2 Å². The normalized spacial score (nSPS) is 20.6. The number of urea groups is 1. The number of carbonyl (C=O) groups excluding carboxylic acids is 3. The van der Waals surface area contributed by atoms with Crippen molar-refractivity contribution < 1.29 is 23.5 Å². The molecule has 37 heavy (non-hydrogen) atoms. The van der Waals surface area contributed by atoms with Crippen molar-refractivity contribution in [2.24, 2.45) is 0 Å². The summed E-state index contributed by atoms with van der Waals surface area (Å²) >= 11 is 0. The van der Waals surface area contributed by atoms with Crippen molar-refractivity contribution in [2.75, 3.05) is 39.3 Å². The number of rotatable bonds is 7. The number of piperazine rings is 1. The van der Waals surface area contributed by atoms with Crippen LogP contribution in [0.3, 0.4) is 0 Å². The molecule has 3 amide bonds. The highest BCUT2D eigenvalue weighted by molar-refractivity contribution is 5.95. The average Bonchev–Trinajstić information content (AvgIpc) is 2.89. The molecule has 1 fully saturated rings. The fourth-order valence-corrected chi connectivity index (χ4v) is 5.03. The maximum absolute atomic E-state index is 13.7. The summed E-state index contributed by atoms with van der Waals surface area (Å²) in [4.78, 5) is 44.8. The van der Waals surface area contributed by atoms with E-state index in [1.165, 1.54) is 18.2 Å². The van der Waals surface area contributed by atoms with Crippen molar-refractivity contribution in [3.63, 3.8) is 0 Å². The lowest BCUT2D eigenvalue weighted by molar-refractivity contribution is -0.139. The number of esters is 1. The van der Waals surface area contributed by atoms with Crippen LogP contribution in [0.15, 0.2) is 65.9 Å². The fraction of sp³-hybridized carbons (Fsp3) is 0.393. The summed E-state index contributed by atoms with van der Waals surface area (Å²) in [5.41, 5.74) is 2.14. The van der Waals surface area contributed by atoms with Gasteiger partial charge in [0, 0.05) is 50.0 Å². The van der Waals surface area contributed by atoms with Crippen LogP contribution in [-0.4, -0.2) is 78.0 Å². The maximum atomic E-state index is 13.7. The fourth-order valence-electron chi connectivity index (χ4n) is 5.03. The Bertz CT molecular complexity index is 1190. The number of likely N-dealkylation sites (N-methyl/N-ethyl adjacent to an activating group) is 1. The molecular weight excluding hydrogens is 475 g/mol. The SMILES string of the molecule is CCOC(=O)C1=C(CN2CCN(C(=O)c3cccc(F)c3)[C@@H](C)C2)N(CC)C(=O)N[C@H]1c1ccccc1. The lowest BCUT2D eigenvalue weighted by atomic mass is 9.94. The molecule has 0 aromatic heterocycles. The molecular formula is C28H33FN4O4. The third kappa shape index (κ3) is 5.67. The van der Waals surface area contributed by atoms with Gasteiger partial charge < -0.3 is 15.0 Å². The lowest BCUT2D eigenvalue weighted by Crippen LogP contribution is -2.56. The number of nitrogens with zero attached hydrogens (tertiary/aromatic N) is 3. The van der Waals surface area contributed by atoms with Crippen LogP contribution >= 0.6 is 0 Å². The van der Waals surface area contributed by atoms with Gasteiger partial charge in [0.05, 0.1) is 18.2 Å². The number of benzene rings is 2. The highest BCUT2D eigenvalue weighted by Crippen LogP contribution is 2.32. The van der Waals surface area contributed by atoms with Crippen LogP contribution in [-0.2, 0) is 9.53 Å². The van der Waals surface area contributed by atoms with Crippen LogP contribution in [0.1, 0.15) is 42.7 Å². The van der Waals surface area contributed by atoms with Crippen molar-refractivity contribution in [3.05, 3.63) is 82.8 Å². The van der Waals surface area contributed by atoms with Crippen LogP contribution in [0.25, 0.3) is 0 Å². The molecule has 4 rings (SSSR count). The van der Waals surface area contributed by atoms with Gasteiger partial charge in [-0.15, -0.1) is 0 Å².